The van der Waals surface area contributed by atoms with Crippen molar-refractivity contribution in [2.45, 2.75) is 65.3 Å². The Balaban J connectivity index is 0.000000211. The third-order valence-electron chi connectivity index (χ3n) is 7.58. The van der Waals surface area contributed by atoms with Crippen LogP contribution in [-0.4, -0.2) is 67.9 Å². The van der Waals surface area contributed by atoms with E-state index in [0.717, 1.165) is 50.0 Å². The summed E-state index contributed by atoms with van der Waals surface area (Å²) in [6, 6.07) is 9.07. The number of nitrogens with one attached hydrogen (secondary N) is 1. The van der Waals surface area contributed by atoms with Gasteiger partial charge in [-0.15, -0.1) is 10.2 Å². The van der Waals surface area contributed by atoms with Gasteiger partial charge in [-0.3, -0.25) is 9.69 Å². The minimum Gasteiger partial charge on any atom is -0.383 e. The van der Waals surface area contributed by atoms with Crippen molar-refractivity contribution in [1.82, 2.24) is 20.4 Å². The van der Waals surface area contributed by atoms with Gasteiger partial charge in [-0.1, -0.05) is 49.5 Å². The Morgan fingerprint density at radius 3 is 2.42 bits per heavy atom. The van der Waals surface area contributed by atoms with Crippen molar-refractivity contribution in [2.24, 2.45) is 11.8 Å². The zero-order valence-electron chi connectivity index (χ0n) is 23.8. The van der Waals surface area contributed by atoms with Crippen LogP contribution in [0.3, 0.4) is 0 Å². The number of benzene rings is 1. The van der Waals surface area contributed by atoms with Gasteiger partial charge in [-0.2, -0.15) is 0 Å². The van der Waals surface area contributed by atoms with E-state index in [2.05, 4.69) is 75.6 Å². The molecule has 8 heteroatoms. The molecule has 0 bridgehead atoms. The molecule has 0 saturated carbocycles. The van der Waals surface area contributed by atoms with Crippen LogP contribution in [0.15, 0.2) is 36.4 Å². The number of rotatable bonds is 12. The first-order valence-corrected chi connectivity index (χ1v) is 15.2. The van der Waals surface area contributed by atoms with Crippen LogP contribution in [0.5, 0.6) is 0 Å². The molecule has 1 aromatic carbocycles. The van der Waals surface area contributed by atoms with Crippen molar-refractivity contribution in [3.63, 3.8) is 0 Å². The molecule has 0 radical (unpaired) electrons. The van der Waals surface area contributed by atoms with Gasteiger partial charge in [0.2, 0.25) is 5.01 Å². The number of hydrogen-bond donors (Lipinski definition) is 1. The molecule has 1 aliphatic heterocycles. The molecule has 1 amide bonds. The molecule has 38 heavy (non-hydrogen) atoms. The monoisotopic (exact) mass is 541 g/mol. The SMILES string of the molecule is CCC1C=CC(CCc2nnc(C(=O)NC)s2)CC1.CCN(CCOC)Cc1ccc(N2CCCC2)cc1. The lowest BCUT2D eigenvalue weighted by Gasteiger charge is -2.21. The number of likely N-dealkylation sites (N-methyl/N-ethyl adjacent to an activating group) is 1. The fourth-order valence-electron chi connectivity index (χ4n) is 4.99. The van der Waals surface area contributed by atoms with E-state index >= 15 is 0 Å². The Bertz CT molecular complexity index is 971. The van der Waals surface area contributed by atoms with E-state index < -0.39 is 0 Å². The fourth-order valence-corrected chi connectivity index (χ4v) is 5.79. The summed E-state index contributed by atoms with van der Waals surface area (Å²) in [6.45, 7) is 10.8. The van der Waals surface area contributed by atoms with Gasteiger partial charge >= 0.3 is 0 Å². The summed E-state index contributed by atoms with van der Waals surface area (Å²) >= 11 is 1.40. The lowest BCUT2D eigenvalue weighted by molar-refractivity contribution is 0.0962. The van der Waals surface area contributed by atoms with E-state index in [1.807, 2.05) is 0 Å². The Hall–Kier alpha value is -2.29. The first-order valence-electron chi connectivity index (χ1n) is 14.3. The molecule has 2 aromatic rings. The number of methoxy groups -OCH3 is 1. The first-order chi connectivity index (χ1) is 18.6. The number of amides is 1. The molecule has 2 unspecified atom stereocenters. The topological polar surface area (TPSA) is 70.6 Å². The van der Waals surface area contributed by atoms with Crippen LogP contribution in [0.1, 0.15) is 72.7 Å². The molecule has 1 aliphatic carbocycles. The Kier molecular flexibility index (Phi) is 13.2. The van der Waals surface area contributed by atoms with E-state index in [1.165, 1.54) is 67.8 Å². The Labute approximate surface area is 233 Å². The molecule has 4 rings (SSSR count). The number of carbonyl (C=O) groups is 1. The summed E-state index contributed by atoms with van der Waals surface area (Å²) < 4.78 is 5.15. The second-order valence-electron chi connectivity index (χ2n) is 10.2. The number of hydrogen-bond acceptors (Lipinski definition) is 7. The average molecular weight is 542 g/mol. The van der Waals surface area contributed by atoms with Crippen molar-refractivity contribution in [3.8, 4) is 0 Å². The predicted octanol–water partition coefficient (Wildman–Crippen LogP) is 5.58. The molecule has 2 aliphatic rings. The molecule has 2 atom stereocenters. The normalized spacial score (nSPS) is 18.9. The highest BCUT2D eigenvalue weighted by Gasteiger charge is 2.16. The highest BCUT2D eigenvalue weighted by atomic mass is 32.1. The largest absolute Gasteiger partial charge is 0.383 e. The highest BCUT2D eigenvalue weighted by Crippen LogP contribution is 2.27. The number of allylic oxidation sites excluding steroid dienone is 2. The minimum atomic E-state index is -0.146. The molecule has 1 fully saturated rings. The summed E-state index contributed by atoms with van der Waals surface area (Å²) in [6.07, 6.45) is 13.2. The quantitative estimate of drug-likeness (QED) is 0.354. The van der Waals surface area contributed by atoms with Gasteiger partial charge in [0.15, 0.2) is 0 Å². The maximum atomic E-state index is 11.4. The zero-order valence-corrected chi connectivity index (χ0v) is 24.6. The minimum absolute atomic E-state index is 0.146. The Morgan fingerprint density at radius 2 is 1.82 bits per heavy atom. The molecular weight excluding hydrogens is 494 g/mol. The van der Waals surface area contributed by atoms with Crippen LogP contribution >= 0.6 is 11.3 Å². The molecular formula is C30H47N5O2S. The van der Waals surface area contributed by atoms with Crippen molar-refractivity contribution >= 4 is 22.9 Å². The third-order valence-corrected chi connectivity index (χ3v) is 8.56. The first kappa shape index (κ1) is 30.3. The van der Waals surface area contributed by atoms with Crippen LogP contribution in [0.2, 0.25) is 0 Å². The van der Waals surface area contributed by atoms with Crippen LogP contribution in [0.25, 0.3) is 0 Å². The zero-order chi connectivity index (χ0) is 27.2. The second-order valence-corrected chi connectivity index (χ2v) is 11.3. The van der Waals surface area contributed by atoms with Crippen LogP contribution in [0, 0.1) is 11.8 Å². The van der Waals surface area contributed by atoms with E-state index in [4.69, 9.17) is 4.74 Å². The standard InChI is InChI=1S/C16H26N2O.C14H21N3OS/c1-3-17(12-13-19-2)14-15-6-8-16(9-7-15)18-10-4-5-11-18;1-3-10-4-6-11(7-5-10)8-9-12-16-17-14(19-12)13(18)15-2/h6-9H,3-5,10-14H2,1-2H3;4,6,10-11H,3,5,7-9H2,1-2H3,(H,15,18). The molecule has 1 saturated heterocycles. The van der Waals surface area contributed by atoms with Gasteiger partial charge in [0.1, 0.15) is 5.01 Å². The van der Waals surface area contributed by atoms with Crippen molar-refractivity contribution < 1.29 is 9.53 Å². The van der Waals surface area contributed by atoms with Gasteiger partial charge in [0.05, 0.1) is 6.61 Å². The number of aromatic nitrogens is 2. The van der Waals surface area contributed by atoms with Gasteiger partial charge in [-0.25, -0.2) is 0 Å². The van der Waals surface area contributed by atoms with Gasteiger partial charge < -0.3 is 15.0 Å². The summed E-state index contributed by atoms with van der Waals surface area (Å²) in [5.41, 5.74) is 2.77. The maximum absolute atomic E-state index is 11.4. The third kappa shape index (κ3) is 9.79. The number of nitrogens with zero attached hydrogens (tertiary/aromatic N) is 4. The van der Waals surface area contributed by atoms with Gasteiger partial charge in [0.25, 0.3) is 5.91 Å². The summed E-state index contributed by atoms with van der Waals surface area (Å²) in [5, 5.41) is 12.0. The predicted molar refractivity (Wildman–Crippen MR) is 158 cm³/mol. The molecule has 2 heterocycles. The summed E-state index contributed by atoms with van der Waals surface area (Å²) in [7, 11) is 3.37. The fraction of sp³-hybridized carbons (Fsp3) is 0.633. The molecule has 1 N–H and O–H groups in total. The molecule has 7 nitrogen and oxygen atoms in total. The van der Waals surface area contributed by atoms with Crippen molar-refractivity contribution in [2.75, 3.05) is 51.8 Å². The van der Waals surface area contributed by atoms with Crippen molar-refractivity contribution in [3.05, 3.63) is 52.0 Å². The molecule has 0 spiro atoms. The maximum Gasteiger partial charge on any atom is 0.282 e. The van der Waals surface area contributed by atoms with Crippen LogP contribution in [-0.2, 0) is 17.7 Å². The van der Waals surface area contributed by atoms with E-state index in [-0.39, 0.29) is 5.91 Å². The van der Waals surface area contributed by atoms with Crippen LogP contribution < -0.4 is 10.2 Å². The van der Waals surface area contributed by atoms with Crippen LogP contribution in [0.4, 0.5) is 5.69 Å². The van der Waals surface area contributed by atoms with E-state index in [1.54, 1.807) is 14.2 Å². The van der Waals surface area contributed by atoms with Gasteiger partial charge in [0, 0.05) is 52.4 Å². The summed E-state index contributed by atoms with van der Waals surface area (Å²) in [5.74, 6) is 1.29. The highest BCUT2D eigenvalue weighted by molar-refractivity contribution is 7.13. The smallest absolute Gasteiger partial charge is 0.282 e. The van der Waals surface area contributed by atoms with Crippen molar-refractivity contribution in [1.29, 1.82) is 0 Å². The number of anilines is 1. The number of aryl methyl sites for hydroxylation is 1. The lowest BCUT2D eigenvalue weighted by atomic mass is 9.85. The molecule has 1 aromatic heterocycles. The Morgan fingerprint density at radius 1 is 1.11 bits per heavy atom. The van der Waals surface area contributed by atoms with E-state index in [0.29, 0.717) is 10.9 Å². The lowest BCUT2D eigenvalue weighted by Crippen LogP contribution is -2.26. The van der Waals surface area contributed by atoms with Gasteiger partial charge in [-0.05, 0) is 74.6 Å². The number of carbonyl (C=O) groups excluding carboxylic acids is 1. The number of ether oxygens (including phenoxy) is 1. The van der Waals surface area contributed by atoms with E-state index in [9.17, 15) is 4.79 Å². The summed E-state index contributed by atoms with van der Waals surface area (Å²) in [4.78, 5) is 16.3. The molecule has 210 valence electrons. The average Bonchev–Trinajstić information content (AvgIpc) is 3.68. The second kappa shape index (κ2) is 16.6.